The Morgan fingerprint density at radius 2 is 2.00 bits per heavy atom. The van der Waals surface area contributed by atoms with E-state index in [1.165, 1.54) is 0 Å². The average Bonchev–Trinajstić information content (AvgIpc) is 2.96. The summed E-state index contributed by atoms with van der Waals surface area (Å²) in [6.07, 6.45) is 1.76. The van der Waals surface area contributed by atoms with Crippen molar-refractivity contribution in [2.75, 3.05) is 31.2 Å². The number of aryl methyl sites for hydroxylation is 1. The molecule has 0 aliphatic carbocycles. The molecular weight excluding hydrogens is 332 g/mol. The van der Waals surface area contributed by atoms with Crippen LogP contribution in [0.15, 0.2) is 44.2 Å². The van der Waals surface area contributed by atoms with Gasteiger partial charge in [0.1, 0.15) is 5.76 Å². The van der Waals surface area contributed by atoms with Gasteiger partial charge in [-0.15, -0.1) is 0 Å². The van der Waals surface area contributed by atoms with E-state index in [1.807, 2.05) is 37.3 Å². The lowest BCUT2D eigenvalue weighted by Gasteiger charge is -2.26. The summed E-state index contributed by atoms with van der Waals surface area (Å²) in [5.41, 5.74) is 2.07. The van der Waals surface area contributed by atoms with Gasteiger partial charge in [-0.25, -0.2) is 0 Å². The first-order chi connectivity index (χ1) is 10.2. The van der Waals surface area contributed by atoms with Gasteiger partial charge in [0.05, 0.1) is 25.1 Å². The van der Waals surface area contributed by atoms with E-state index in [0.717, 1.165) is 53.7 Å². The molecule has 0 N–H and O–H groups in total. The van der Waals surface area contributed by atoms with Gasteiger partial charge in [0, 0.05) is 23.6 Å². The maximum absolute atomic E-state index is 5.82. The van der Waals surface area contributed by atoms with Gasteiger partial charge in [-0.2, -0.15) is 0 Å². The summed E-state index contributed by atoms with van der Waals surface area (Å²) in [4.78, 5) is 6.68. The van der Waals surface area contributed by atoms with E-state index >= 15 is 0 Å². The van der Waals surface area contributed by atoms with Crippen molar-refractivity contribution in [3.8, 4) is 0 Å². The lowest BCUT2D eigenvalue weighted by atomic mass is 10.2. The first-order valence-electron chi connectivity index (χ1n) is 6.95. The van der Waals surface area contributed by atoms with Crippen molar-refractivity contribution in [2.45, 2.75) is 6.92 Å². The fraction of sp³-hybridized carbons (Fsp3) is 0.312. The van der Waals surface area contributed by atoms with E-state index in [2.05, 4.69) is 25.8 Å². The summed E-state index contributed by atoms with van der Waals surface area (Å²) < 4.78 is 12.2. The first kappa shape index (κ1) is 14.4. The molecule has 0 spiro atoms. The minimum Gasteiger partial charge on any atom is -0.440 e. The molecule has 2 aromatic rings. The third kappa shape index (κ3) is 3.54. The largest absolute Gasteiger partial charge is 0.440 e. The Balaban J connectivity index is 1.72. The second-order valence-corrected chi connectivity index (χ2v) is 5.88. The number of hydrogen-bond acceptors (Lipinski definition) is 4. The number of ether oxygens (including phenoxy) is 1. The molecule has 2 heterocycles. The molecule has 0 bridgehead atoms. The number of nitrogens with zero attached hydrogens (tertiary/aromatic N) is 2. The maximum atomic E-state index is 5.82. The molecular formula is C16H17BrN2O2. The standard InChI is InChI=1S/C16H17BrN2O2/c1-12-10-13(17)2-4-15(12)18-11-14-3-5-16(21-14)19-6-8-20-9-7-19/h2-5,10-11H,6-9H2,1H3. The number of furan rings is 1. The molecule has 4 nitrogen and oxygen atoms in total. The van der Waals surface area contributed by atoms with Gasteiger partial charge in [-0.3, -0.25) is 4.99 Å². The Labute approximate surface area is 132 Å². The van der Waals surface area contributed by atoms with Crippen molar-refractivity contribution in [1.82, 2.24) is 0 Å². The number of anilines is 1. The monoisotopic (exact) mass is 348 g/mol. The molecule has 1 aromatic carbocycles. The second-order valence-electron chi connectivity index (χ2n) is 4.96. The van der Waals surface area contributed by atoms with Crippen LogP contribution in [0.5, 0.6) is 0 Å². The topological polar surface area (TPSA) is 38.0 Å². The van der Waals surface area contributed by atoms with Crippen molar-refractivity contribution in [2.24, 2.45) is 4.99 Å². The number of benzene rings is 1. The summed E-state index contributed by atoms with van der Waals surface area (Å²) >= 11 is 3.45. The Hall–Kier alpha value is -1.59. The normalized spacial score (nSPS) is 15.8. The average molecular weight is 349 g/mol. The van der Waals surface area contributed by atoms with E-state index in [4.69, 9.17) is 9.15 Å². The van der Waals surface area contributed by atoms with Gasteiger partial charge in [-0.1, -0.05) is 15.9 Å². The number of halogens is 1. The van der Waals surface area contributed by atoms with Gasteiger partial charge in [-0.05, 0) is 36.8 Å². The SMILES string of the molecule is Cc1cc(Br)ccc1N=Cc1ccc(N2CCOCC2)o1. The Morgan fingerprint density at radius 3 is 2.76 bits per heavy atom. The van der Waals surface area contributed by atoms with E-state index in [-0.39, 0.29) is 0 Å². The summed E-state index contributed by atoms with van der Waals surface area (Å²) in [6, 6.07) is 9.96. The molecule has 0 amide bonds. The highest BCUT2D eigenvalue weighted by molar-refractivity contribution is 9.10. The van der Waals surface area contributed by atoms with Crippen LogP contribution in [0.3, 0.4) is 0 Å². The van der Waals surface area contributed by atoms with Crippen molar-refractivity contribution in [3.05, 3.63) is 46.1 Å². The molecule has 1 aliphatic rings. The van der Waals surface area contributed by atoms with Gasteiger partial charge < -0.3 is 14.1 Å². The fourth-order valence-corrected chi connectivity index (χ4v) is 2.74. The minimum absolute atomic E-state index is 0.752. The zero-order valence-electron chi connectivity index (χ0n) is 11.9. The van der Waals surface area contributed by atoms with Crippen molar-refractivity contribution >= 4 is 33.7 Å². The van der Waals surface area contributed by atoms with E-state index in [9.17, 15) is 0 Å². The van der Waals surface area contributed by atoms with Crippen LogP contribution in [0.2, 0.25) is 0 Å². The molecule has 21 heavy (non-hydrogen) atoms. The lowest BCUT2D eigenvalue weighted by Crippen LogP contribution is -2.35. The van der Waals surface area contributed by atoms with Crippen molar-refractivity contribution in [1.29, 1.82) is 0 Å². The highest BCUT2D eigenvalue weighted by Gasteiger charge is 2.14. The summed E-state index contributed by atoms with van der Waals surface area (Å²) in [7, 11) is 0. The zero-order valence-corrected chi connectivity index (χ0v) is 13.5. The Morgan fingerprint density at radius 1 is 1.19 bits per heavy atom. The molecule has 3 rings (SSSR count). The maximum Gasteiger partial charge on any atom is 0.196 e. The van der Waals surface area contributed by atoms with Crippen LogP contribution >= 0.6 is 15.9 Å². The molecule has 1 saturated heterocycles. The van der Waals surface area contributed by atoms with E-state index < -0.39 is 0 Å². The van der Waals surface area contributed by atoms with Gasteiger partial charge >= 0.3 is 0 Å². The molecule has 110 valence electrons. The summed E-state index contributed by atoms with van der Waals surface area (Å²) in [6.45, 7) is 5.29. The van der Waals surface area contributed by atoms with Crippen LogP contribution < -0.4 is 4.90 Å². The number of aliphatic imine (C=N–C) groups is 1. The molecule has 1 fully saturated rings. The van der Waals surface area contributed by atoms with Gasteiger partial charge in [0.25, 0.3) is 0 Å². The van der Waals surface area contributed by atoms with Gasteiger partial charge in [0.2, 0.25) is 0 Å². The van der Waals surface area contributed by atoms with E-state index in [0.29, 0.717) is 0 Å². The van der Waals surface area contributed by atoms with Crippen LogP contribution in [0, 0.1) is 6.92 Å². The van der Waals surface area contributed by atoms with Crippen molar-refractivity contribution < 1.29 is 9.15 Å². The first-order valence-corrected chi connectivity index (χ1v) is 7.74. The predicted octanol–water partition coefficient (Wildman–Crippen LogP) is 3.94. The van der Waals surface area contributed by atoms with Crippen LogP contribution in [0.4, 0.5) is 11.6 Å². The van der Waals surface area contributed by atoms with Crippen LogP contribution in [0.25, 0.3) is 0 Å². The quantitative estimate of drug-likeness (QED) is 0.788. The highest BCUT2D eigenvalue weighted by Crippen LogP contribution is 2.23. The lowest BCUT2D eigenvalue weighted by molar-refractivity contribution is 0.120. The molecule has 0 radical (unpaired) electrons. The number of rotatable bonds is 3. The molecule has 0 saturated carbocycles. The molecule has 1 aromatic heterocycles. The second kappa shape index (κ2) is 6.45. The molecule has 1 aliphatic heterocycles. The summed E-state index contributed by atoms with van der Waals surface area (Å²) in [5.74, 6) is 1.64. The van der Waals surface area contributed by atoms with Crippen LogP contribution in [-0.2, 0) is 4.74 Å². The smallest absolute Gasteiger partial charge is 0.196 e. The van der Waals surface area contributed by atoms with Gasteiger partial charge in [0.15, 0.2) is 5.88 Å². The third-order valence-electron chi connectivity index (χ3n) is 3.43. The summed E-state index contributed by atoms with van der Waals surface area (Å²) in [5, 5.41) is 0. The van der Waals surface area contributed by atoms with Crippen molar-refractivity contribution in [3.63, 3.8) is 0 Å². The number of morpholine rings is 1. The third-order valence-corrected chi connectivity index (χ3v) is 3.92. The minimum atomic E-state index is 0.752. The highest BCUT2D eigenvalue weighted by atomic mass is 79.9. The predicted molar refractivity (Wildman–Crippen MR) is 87.9 cm³/mol. The Bertz CT molecular complexity index is 645. The van der Waals surface area contributed by atoms with Crippen LogP contribution in [0.1, 0.15) is 11.3 Å². The Kier molecular flexibility index (Phi) is 4.41. The fourth-order valence-electron chi connectivity index (χ4n) is 2.26. The molecule has 0 unspecified atom stereocenters. The molecule has 5 heteroatoms. The number of hydrogen-bond donors (Lipinski definition) is 0. The van der Waals surface area contributed by atoms with Crippen LogP contribution in [-0.4, -0.2) is 32.5 Å². The molecule has 0 atom stereocenters. The van der Waals surface area contributed by atoms with E-state index in [1.54, 1.807) is 6.21 Å². The zero-order chi connectivity index (χ0) is 14.7.